The fourth-order valence-electron chi connectivity index (χ4n) is 2.85. The summed E-state index contributed by atoms with van der Waals surface area (Å²) in [6.07, 6.45) is -4.63. The van der Waals surface area contributed by atoms with Gasteiger partial charge in [0.05, 0.1) is 16.2 Å². The van der Waals surface area contributed by atoms with Crippen molar-refractivity contribution in [2.45, 2.75) is 24.9 Å². The van der Waals surface area contributed by atoms with Crippen LogP contribution in [0.4, 0.5) is 24.5 Å². The van der Waals surface area contributed by atoms with Crippen molar-refractivity contribution in [3.05, 3.63) is 82.1 Å². The van der Waals surface area contributed by atoms with Gasteiger partial charge < -0.3 is 5.32 Å². The number of halogens is 4. The van der Waals surface area contributed by atoms with Crippen LogP contribution in [0.2, 0.25) is 5.02 Å². The number of aryl methyl sites for hydroxylation is 2. The number of nitrogens with one attached hydrogen (secondary N) is 2. The van der Waals surface area contributed by atoms with Crippen molar-refractivity contribution >= 4 is 38.9 Å². The number of aromatic nitrogens is 1. The summed E-state index contributed by atoms with van der Waals surface area (Å²) >= 11 is 5.81. The molecule has 3 rings (SSSR count). The molecule has 0 fully saturated rings. The number of rotatable bonds is 5. The number of alkyl halides is 3. The second-order valence-corrected chi connectivity index (χ2v) is 8.96. The molecule has 2 aromatic carbocycles. The highest BCUT2D eigenvalue weighted by Crippen LogP contribution is 2.29. The van der Waals surface area contributed by atoms with Crippen LogP contribution in [0.5, 0.6) is 0 Å². The van der Waals surface area contributed by atoms with E-state index in [-0.39, 0.29) is 21.8 Å². The normalized spacial score (nSPS) is 11.8. The number of hydrogen-bond donors (Lipinski definition) is 2. The fourth-order valence-corrected chi connectivity index (χ4v) is 4.31. The Morgan fingerprint density at radius 3 is 2.19 bits per heavy atom. The molecule has 32 heavy (non-hydrogen) atoms. The standard InChI is InChI=1S/C21H17ClF3N3O3S/c1-12-3-6-16(11-18(12)32(30,31)28-15-7-4-14(22)5-8-15)27-20(29)17-9-10-19(21(23,24)25)26-13(17)2/h3-11,28H,1-2H3,(H,27,29). The first-order valence-corrected chi connectivity index (χ1v) is 11.0. The largest absolute Gasteiger partial charge is 0.433 e. The lowest BCUT2D eigenvalue weighted by molar-refractivity contribution is -0.141. The van der Waals surface area contributed by atoms with Crippen molar-refractivity contribution in [1.82, 2.24) is 4.98 Å². The average Bonchev–Trinajstić information content (AvgIpc) is 2.70. The molecule has 0 saturated heterocycles. The van der Waals surface area contributed by atoms with E-state index in [0.717, 1.165) is 6.07 Å². The number of hydrogen-bond acceptors (Lipinski definition) is 4. The number of carbonyl (C=O) groups is 1. The summed E-state index contributed by atoms with van der Waals surface area (Å²) in [6, 6.07) is 12.1. The van der Waals surface area contributed by atoms with Gasteiger partial charge in [-0.05, 0) is 67.9 Å². The molecule has 0 aliphatic carbocycles. The van der Waals surface area contributed by atoms with Crippen LogP contribution < -0.4 is 10.0 Å². The first kappa shape index (κ1) is 23.6. The average molecular weight is 484 g/mol. The Morgan fingerprint density at radius 2 is 1.59 bits per heavy atom. The Balaban J connectivity index is 1.85. The van der Waals surface area contributed by atoms with Crippen molar-refractivity contribution < 1.29 is 26.4 Å². The highest BCUT2D eigenvalue weighted by Gasteiger charge is 2.33. The van der Waals surface area contributed by atoms with E-state index < -0.39 is 27.8 Å². The van der Waals surface area contributed by atoms with Gasteiger partial charge in [-0.1, -0.05) is 17.7 Å². The maximum atomic E-state index is 12.8. The maximum Gasteiger partial charge on any atom is 0.433 e. The van der Waals surface area contributed by atoms with Crippen LogP contribution in [-0.2, 0) is 16.2 Å². The molecule has 0 saturated carbocycles. The summed E-state index contributed by atoms with van der Waals surface area (Å²) in [6.45, 7) is 2.87. The van der Waals surface area contributed by atoms with Crippen LogP contribution in [0, 0.1) is 13.8 Å². The van der Waals surface area contributed by atoms with Gasteiger partial charge in [0, 0.05) is 16.4 Å². The molecule has 11 heteroatoms. The number of amides is 1. The van der Waals surface area contributed by atoms with E-state index >= 15 is 0 Å². The van der Waals surface area contributed by atoms with E-state index in [9.17, 15) is 26.4 Å². The molecule has 6 nitrogen and oxygen atoms in total. The smallest absolute Gasteiger partial charge is 0.322 e. The predicted octanol–water partition coefficient (Wildman–Crippen LogP) is 5.42. The number of benzene rings is 2. The number of anilines is 2. The summed E-state index contributed by atoms with van der Waals surface area (Å²) in [4.78, 5) is 15.9. The monoisotopic (exact) mass is 483 g/mol. The summed E-state index contributed by atoms with van der Waals surface area (Å²) in [5.74, 6) is -0.721. The number of pyridine rings is 1. The molecular weight excluding hydrogens is 467 g/mol. The van der Waals surface area contributed by atoms with E-state index in [4.69, 9.17) is 11.6 Å². The van der Waals surface area contributed by atoms with Crippen LogP contribution >= 0.6 is 11.6 Å². The Labute approximate surface area is 187 Å². The third-order valence-corrected chi connectivity index (χ3v) is 6.23. The Hall–Kier alpha value is -3.11. The van der Waals surface area contributed by atoms with Crippen LogP contribution in [0.3, 0.4) is 0 Å². The van der Waals surface area contributed by atoms with E-state index in [0.29, 0.717) is 22.3 Å². The van der Waals surface area contributed by atoms with Crippen LogP contribution in [-0.4, -0.2) is 19.3 Å². The van der Waals surface area contributed by atoms with Gasteiger partial charge in [0.25, 0.3) is 15.9 Å². The van der Waals surface area contributed by atoms with E-state index in [1.54, 1.807) is 6.92 Å². The van der Waals surface area contributed by atoms with Gasteiger partial charge in [-0.25, -0.2) is 13.4 Å². The fraction of sp³-hybridized carbons (Fsp3) is 0.143. The van der Waals surface area contributed by atoms with Gasteiger partial charge in [-0.2, -0.15) is 13.2 Å². The minimum atomic E-state index is -4.63. The van der Waals surface area contributed by atoms with Crippen molar-refractivity contribution in [2.24, 2.45) is 0 Å². The zero-order valence-corrected chi connectivity index (χ0v) is 18.4. The van der Waals surface area contributed by atoms with Crippen LogP contribution in [0.25, 0.3) is 0 Å². The van der Waals surface area contributed by atoms with Crippen molar-refractivity contribution in [3.63, 3.8) is 0 Å². The number of sulfonamides is 1. The van der Waals surface area contributed by atoms with E-state index in [1.165, 1.54) is 49.4 Å². The maximum absolute atomic E-state index is 12.8. The zero-order valence-electron chi connectivity index (χ0n) is 16.8. The third kappa shape index (κ3) is 5.38. The van der Waals surface area contributed by atoms with Gasteiger partial charge in [-0.15, -0.1) is 0 Å². The molecule has 0 atom stereocenters. The second kappa shape index (κ2) is 8.79. The number of carbonyl (C=O) groups excluding carboxylic acids is 1. The van der Waals surface area contributed by atoms with E-state index in [2.05, 4.69) is 15.0 Å². The molecule has 0 radical (unpaired) electrons. The molecule has 168 valence electrons. The van der Waals surface area contributed by atoms with Gasteiger partial charge >= 0.3 is 6.18 Å². The molecule has 0 bridgehead atoms. The predicted molar refractivity (Wildman–Crippen MR) is 115 cm³/mol. The Kier molecular flexibility index (Phi) is 6.47. The van der Waals surface area contributed by atoms with Crippen molar-refractivity contribution in [1.29, 1.82) is 0 Å². The van der Waals surface area contributed by atoms with Crippen LogP contribution in [0.15, 0.2) is 59.5 Å². The minimum absolute atomic E-state index is 0.0673. The molecule has 1 amide bonds. The van der Waals surface area contributed by atoms with Gasteiger partial charge in [0.2, 0.25) is 0 Å². The summed E-state index contributed by atoms with van der Waals surface area (Å²) in [5, 5.41) is 2.94. The molecule has 1 aromatic heterocycles. The molecule has 0 aliphatic heterocycles. The molecule has 2 N–H and O–H groups in total. The minimum Gasteiger partial charge on any atom is -0.322 e. The molecule has 0 unspecified atom stereocenters. The molecular formula is C21H17ClF3N3O3S. The number of nitrogens with zero attached hydrogens (tertiary/aromatic N) is 1. The van der Waals surface area contributed by atoms with Crippen LogP contribution in [0.1, 0.15) is 27.3 Å². The SMILES string of the molecule is Cc1ccc(NC(=O)c2ccc(C(F)(F)F)nc2C)cc1S(=O)(=O)Nc1ccc(Cl)cc1. The van der Waals surface area contributed by atoms with Gasteiger partial charge in [-0.3, -0.25) is 9.52 Å². The summed E-state index contributed by atoms with van der Waals surface area (Å²) < 4.78 is 66.4. The molecule has 1 heterocycles. The van der Waals surface area contributed by atoms with Gasteiger partial charge in [0.15, 0.2) is 0 Å². The second-order valence-electron chi connectivity index (χ2n) is 6.87. The quantitative estimate of drug-likeness (QED) is 0.507. The van der Waals surface area contributed by atoms with Gasteiger partial charge in [0.1, 0.15) is 5.69 Å². The summed E-state index contributed by atoms with van der Waals surface area (Å²) in [5.41, 5.74) is -0.407. The lowest BCUT2D eigenvalue weighted by atomic mass is 10.1. The third-order valence-electron chi connectivity index (χ3n) is 4.45. The topological polar surface area (TPSA) is 88.2 Å². The molecule has 0 aliphatic rings. The first-order valence-electron chi connectivity index (χ1n) is 9.12. The Morgan fingerprint density at radius 1 is 0.969 bits per heavy atom. The Bertz CT molecular complexity index is 1280. The molecule has 0 spiro atoms. The lowest BCUT2D eigenvalue weighted by Crippen LogP contribution is -2.18. The highest BCUT2D eigenvalue weighted by molar-refractivity contribution is 7.92. The van der Waals surface area contributed by atoms with E-state index in [1.807, 2.05) is 0 Å². The van der Waals surface area contributed by atoms with Crippen molar-refractivity contribution in [2.75, 3.05) is 10.0 Å². The van der Waals surface area contributed by atoms with Crippen molar-refractivity contribution in [3.8, 4) is 0 Å². The highest BCUT2D eigenvalue weighted by atomic mass is 35.5. The summed E-state index contributed by atoms with van der Waals surface area (Å²) in [7, 11) is -3.99. The molecule has 3 aromatic rings. The lowest BCUT2D eigenvalue weighted by Gasteiger charge is -2.14. The zero-order chi connectivity index (χ0) is 23.7. The first-order chi connectivity index (χ1) is 14.9.